The van der Waals surface area contributed by atoms with Crippen molar-refractivity contribution in [2.45, 2.75) is 26.8 Å². The molecule has 0 aromatic carbocycles. The van der Waals surface area contributed by atoms with Crippen molar-refractivity contribution in [1.29, 1.82) is 0 Å². The maximum absolute atomic E-state index is 11.9. The number of hydrogen-bond acceptors (Lipinski definition) is 8. The van der Waals surface area contributed by atoms with E-state index in [0.717, 1.165) is 13.1 Å². The van der Waals surface area contributed by atoms with Gasteiger partial charge in [-0.3, -0.25) is 10.2 Å². The summed E-state index contributed by atoms with van der Waals surface area (Å²) in [5, 5.41) is 2.97. The van der Waals surface area contributed by atoms with Crippen molar-refractivity contribution in [3.8, 4) is 0 Å². The summed E-state index contributed by atoms with van der Waals surface area (Å²) < 4.78 is 0. The maximum Gasteiger partial charge on any atom is 0.244 e. The number of nitrogen functional groups attached to an aromatic ring is 1. The first-order chi connectivity index (χ1) is 9.92. The molecule has 1 amide bonds. The van der Waals surface area contributed by atoms with E-state index in [0.29, 0.717) is 11.9 Å². The first kappa shape index (κ1) is 16.9. The first-order valence-corrected chi connectivity index (χ1v) is 6.88. The molecule has 9 heteroatoms. The standard InChI is InChI=1S/C12H24N8O/c1-6-20(7-2)12-16-10(15-11(17-12)18-13)14-8(3)9(21)19(4)5/h8H,6-7,13H2,1-5H3,(H2,14,15,16,17,18). The van der Waals surface area contributed by atoms with Crippen LogP contribution in [0, 0.1) is 0 Å². The Hall–Kier alpha value is -2.16. The number of hydrogen-bond donors (Lipinski definition) is 3. The molecule has 0 spiro atoms. The Kier molecular flexibility index (Phi) is 6.10. The number of carbonyl (C=O) groups excluding carboxylic acids is 1. The van der Waals surface area contributed by atoms with Crippen LogP contribution in [0.15, 0.2) is 0 Å². The molecular formula is C12H24N8O. The summed E-state index contributed by atoms with van der Waals surface area (Å²) in [7, 11) is 3.39. The Morgan fingerprint density at radius 2 is 1.76 bits per heavy atom. The summed E-state index contributed by atoms with van der Waals surface area (Å²) >= 11 is 0. The smallest absolute Gasteiger partial charge is 0.244 e. The van der Waals surface area contributed by atoms with Gasteiger partial charge in [-0.2, -0.15) is 15.0 Å². The third-order valence-electron chi connectivity index (χ3n) is 2.96. The lowest BCUT2D eigenvalue weighted by atomic mass is 10.3. The lowest BCUT2D eigenvalue weighted by Crippen LogP contribution is -2.37. The molecule has 1 rings (SSSR count). The van der Waals surface area contributed by atoms with Gasteiger partial charge >= 0.3 is 0 Å². The average Bonchev–Trinajstić information content (AvgIpc) is 2.47. The van der Waals surface area contributed by atoms with E-state index >= 15 is 0 Å². The third kappa shape index (κ3) is 4.42. The lowest BCUT2D eigenvalue weighted by molar-refractivity contribution is -0.129. The zero-order chi connectivity index (χ0) is 16.0. The number of amides is 1. The molecule has 4 N–H and O–H groups in total. The Labute approximate surface area is 124 Å². The monoisotopic (exact) mass is 296 g/mol. The topological polar surface area (TPSA) is 112 Å². The number of anilines is 3. The number of nitrogens with zero attached hydrogens (tertiary/aromatic N) is 5. The van der Waals surface area contributed by atoms with Crippen molar-refractivity contribution >= 4 is 23.8 Å². The predicted octanol–water partition coefficient (Wildman–Crippen LogP) is -0.108. The van der Waals surface area contributed by atoms with Gasteiger partial charge in [0.1, 0.15) is 6.04 Å². The van der Waals surface area contributed by atoms with Crippen molar-refractivity contribution in [2.75, 3.05) is 42.8 Å². The molecular weight excluding hydrogens is 272 g/mol. The minimum atomic E-state index is -0.447. The molecule has 0 aliphatic rings. The van der Waals surface area contributed by atoms with Crippen molar-refractivity contribution in [3.05, 3.63) is 0 Å². The van der Waals surface area contributed by atoms with Crippen molar-refractivity contribution in [2.24, 2.45) is 5.84 Å². The molecule has 1 aromatic rings. The maximum atomic E-state index is 11.9. The highest BCUT2D eigenvalue weighted by Crippen LogP contribution is 2.13. The van der Waals surface area contributed by atoms with Crippen LogP contribution in [0.4, 0.5) is 17.8 Å². The van der Waals surface area contributed by atoms with Crippen LogP contribution in [-0.2, 0) is 4.79 Å². The van der Waals surface area contributed by atoms with Gasteiger partial charge in [0, 0.05) is 27.2 Å². The molecule has 1 aromatic heterocycles. The summed E-state index contributed by atoms with van der Waals surface area (Å²) in [5.41, 5.74) is 2.41. The van der Waals surface area contributed by atoms with Crippen molar-refractivity contribution in [3.63, 3.8) is 0 Å². The van der Waals surface area contributed by atoms with E-state index in [-0.39, 0.29) is 11.9 Å². The van der Waals surface area contributed by atoms with E-state index in [1.54, 1.807) is 21.0 Å². The van der Waals surface area contributed by atoms with Gasteiger partial charge in [0.2, 0.25) is 23.8 Å². The van der Waals surface area contributed by atoms with Gasteiger partial charge in [0.05, 0.1) is 0 Å². The summed E-state index contributed by atoms with van der Waals surface area (Å²) in [4.78, 5) is 28.0. The predicted molar refractivity (Wildman–Crippen MR) is 83.0 cm³/mol. The molecule has 1 unspecified atom stereocenters. The van der Waals surface area contributed by atoms with Gasteiger partial charge in [0.15, 0.2) is 0 Å². The largest absolute Gasteiger partial charge is 0.347 e. The molecule has 9 nitrogen and oxygen atoms in total. The Balaban J connectivity index is 3.01. The zero-order valence-corrected chi connectivity index (χ0v) is 13.2. The molecule has 0 radical (unpaired) electrons. The van der Waals surface area contributed by atoms with Gasteiger partial charge in [0.25, 0.3) is 0 Å². The number of aromatic nitrogens is 3. The minimum Gasteiger partial charge on any atom is -0.347 e. The second-order valence-corrected chi connectivity index (χ2v) is 4.70. The fraction of sp³-hybridized carbons (Fsp3) is 0.667. The van der Waals surface area contributed by atoms with Crippen molar-refractivity contribution < 1.29 is 4.79 Å². The molecule has 0 aliphatic carbocycles. The van der Waals surface area contributed by atoms with Crippen LogP contribution in [0.2, 0.25) is 0 Å². The number of rotatable bonds is 7. The van der Waals surface area contributed by atoms with Crippen molar-refractivity contribution in [1.82, 2.24) is 19.9 Å². The van der Waals surface area contributed by atoms with Crippen LogP contribution in [0.5, 0.6) is 0 Å². The van der Waals surface area contributed by atoms with Gasteiger partial charge in [-0.05, 0) is 20.8 Å². The number of carbonyl (C=O) groups is 1. The Bertz CT molecular complexity index is 474. The molecule has 21 heavy (non-hydrogen) atoms. The van der Waals surface area contributed by atoms with E-state index in [1.165, 1.54) is 4.90 Å². The average molecular weight is 296 g/mol. The Morgan fingerprint density at radius 1 is 1.19 bits per heavy atom. The third-order valence-corrected chi connectivity index (χ3v) is 2.96. The van der Waals surface area contributed by atoms with Crippen LogP contribution >= 0.6 is 0 Å². The number of nitrogens with one attached hydrogen (secondary N) is 2. The number of hydrazine groups is 1. The molecule has 1 atom stereocenters. The quantitative estimate of drug-likeness (QED) is 0.472. The fourth-order valence-corrected chi connectivity index (χ4v) is 1.78. The summed E-state index contributed by atoms with van der Waals surface area (Å²) in [6, 6.07) is -0.447. The highest BCUT2D eigenvalue weighted by molar-refractivity contribution is 5.83. The Morgan fingerprint density at radius 3 is 2.24 bits per heavy atom. The second-order valence-electron chi connectivity index (χ2n) is 4.70. The molecule has 118 valence electrons. The number of nitrogens with two attached hydrogens (primary N) is 1. The summed E-state index contributed by atoms with van der Waals surface area (Å²) in [6.45, 7) is 7.29. The molecule has 0 saturated heterocycles. The molecule has 1 heterocycles. The molecule has 0 bridgehead atoms. The molecule has 0 saturated carbocycles. The van der Waals surface area contributed by atoms with Gasteiger partial charge in [-0.15, -0.1) is 0 Å². The highest BCUT2D eigenvalue weighted by Gasteiger charge is 2.17. The van der Waals surface area contributed by atoms with Gasteiger partial charge < -0.3 is 15.1 Å². The zero-order valence-electron chi connectivity index (χ0n) is 13.2. The normalized spacial score (nSPS) is 11.7. The second kappa shape index (κ2) is 7.58. The summed E-state index contributed by atoms with van der Waals surface area (Å²) in [5.74, 6) is 6.38. The van der Waals surface area contributed by atoms with Crippen LogP contribution in [0.3, 0.4) is 0 Å². The fourth-order valence-electron chi connectivity index (χ4n) is 1.78. The van der Waals surface area contributed by atoms with E-state index in [9.17, 15) is 4.79 Å². The molecule has 0 fully saturated rings. The van der Waals surface area contributed by atoms with Crippen LogP contribution in [0.25, 0.3) is 0 Å². The SMILES string of the molecule is CCN(CC)c1nc(NN)nc(NC(C)C(=O)N(C)C)n1. The van der Waals surface area contributed by atoms with E-state index in [2.05, 4.69) is 25.7 Å². The van der Waals surface area contributed by atoms with E-state index in [1.807, 2.05) is 18.7 Å². The lowest BCUT2D eigenvalue weighted by Gasteiger charge is -2.21. The molecule has 0 aliphatic heterocycles. The van der Waals surface area contributed by atoms with Crippen LogP contribution in [-0.4, -0.2) is 59.0 Å². The highest BCUT2D eigenvalue weighted by atomic mass is 16.2. The van der Waals surface area contributed by atoms with Gasteiger partial charge in [-0.25, -0.2) is 5.84 Å². The van der Waals surface area contributed by atoms with Crippen LogP contribution in [0.1, 0.15) is 20.8 Å². The summed E-state index contributed by atoms with van der Waals surface area (Å²) in [6.07, 6.45) is 0. The first-order valence-electron chi connectivity index (χ1n) is 6.88. The van der Waals surface area contributed by atoms with E-state index < -0.39 is 6.04 Å². The number of likely N-dealkylation sites (N-methyl/N-ethyl adjacent to an activating group) is 1. The van der Waals surface area contributed by atoms with Crippen LogP contribution < -0.4 is 21.5 Å². The van der Waals surface area contributed by atoms with Gasteiger partial charge in [-0.1, -0.05) is 0 Å². The van der Waals surface area contributed by atoms with E-state index in [4.69, 9.17) is 5.84 Å². The minimum absolute atomic E-state index is 0.0675.